The van der Waals surface area contributed by atoms with Crippen LogP contribution < -0.4 is 10.4 Å². The smallest absolute Gasteiger partial charge is 0.193 e. The van der Waals surface area contributed by atoms with E-state index in [1.807, 2.05) is 0 Å². The van der Waals surface area contributed by atoms with Crippen molar-refractivity contribution in [3.63, 3.8) is 0 Å². The maximum Gasteiger partial charge on any atom is 0.416 e. The van der Waals surface area contributed by atoms with Crippen molar-refractivity contribution in [2.24, 2.45) is 5.92 Å². The fraction of sp³-hybridized carbons (Fsp3) is 0.143. The third kappa shape index (κ3) is 4.11. The van der Waals surface area contributed by atoms with Crippen LogP contribution in [0.25, 0.3) is 11.1 Å². The van der Waals surface area contributed by atoms with Crippen LogP contribution in [-0.2, 0) is 0 Å². The van der Waals surface area contributed by atoms with Crippen molar-refractivity contribution in [1.29, 1.82) is 31.6 Å². The number of allylic oxidation sites excluding steroid dienone is 4. The predicted octanol–water partition coefficient (Wildman–Crippen LogP) is 2.80. The summed E-state index contributed by atoms with van der Waals surface area (Å²) in [5, 5.41) is 54.7. The van der Waals surface area contributed by atoms with E-state index in [-0.39, 0.29) is 11.3 Å². The van der Waals surface area contributed by atoms with Crippen molar-refractivity contribution in [2.45, 2.75) is 12.4 Å². The highest BCUT2D eigenvalue weighted by Gasteiger charge is 2.53. The Morgan fingerprint density at radius 2 is 1.21 bits per heavy atom. The van der Waals surface area contributed by atoms with Crippen LogP contribution in [0.1, 0.15) is 11.1 Å². The number of hydrogen-bond donors (Lipinski definition) is 0. The minimum atomic E-state index is -5.61. The monoisotopic (exact) mass is 454 g/mol. The summed E-state index contributed by atoms with van der Waals surface area (Å²) in [5.41, 5.74) is -8.46. The summed E-state index contributed by atoms with van der Waals surface area (Å²) >= 11 is 0. The minimum absolute atomic E-state index is 0.0201. The number of nitrogens with zero attached hydrogens (tertiary/aromatic N) is 6. The summed E-state index contributed by atoms with van der Waals surface area (Å²) in [6.45, 7) is 0. The zero-order valence-electron chi connectivity index (χ0n) is 15.8. The van der Waals surface area contributed by atoms with Gasteiger partial charge >= 0.3 is 12.4 Å². The van der Waals surface area contributed by atoms with Gasteiger partial charge in [-0.05, 0) is 6.08 Å². The molecule has 1 aromatic carbocycles. The standard InChI is InChI=1S/C21H4F6N6/c22-20(23,24)17-3-10(4-28)18(19(17)21(25,26)27)16(9-33)13-2-1-12(11(5-29)6-30)14(7-31)15(13)8-32/h1-3,18H/b16-13-. The largest absolute Gasteiger partial charge is 0.416 e. The van der Waals surface area contributed by atoms with Gasteiger partial charge in [0.15, 0.2) is 0 Å². The highest BCUT2D eigenvalue weighted by Crippen LogP contribution is 2.49. The molecular formula is C21H4F6N6. The summed E-state index contributed by atoms with van der Waals surface area (Å²) < 4.78 is 81.0. The fourth-order valence-electron chi connectivity index (χ4n) is 3.27. The van der Waals surface area contributed by atoms with Gasteiger partial charge in [0.1, 0.15) is 29.8 Å². The Hall–Kier alpha value is -5.04. The van der Waals surface area contributed by atoms with Gasteiger partial charge in [-0.1, -0.05) is 12.1 Å². The molecule has 0 fully saturated rings. The van der Waals surface area contributed by atoms with Crippen molar-refractivity contribution < 1.29 is 26.3 Å². The third-order valence-electron chi connectivity index (χ3n) is 4.55. The van der Waals surface area contributed by atoms with Crippen LogP contribution in [0.4, 0.5) is 26.3 Å². The van der Waals surface area contributed by atoms with Gasteiger partial charge in [0.05, 0.1) is 45.9 Å². The maximum atomic E-state index is 13.7. The molecule has 0 bridgehead atoms. The molecule has 0 saturated carbocycles. The summed E-state index contributed by atoms with van der Waals surface area (Å²) in [7, 11) is 0. The molecular weight excluding hydrogens is 450 g/mol. The lowest BCUT2D eigenvalue weighted by Gasteiger charge is -2.20. The normalized spacial score (nSPS) is 16.2. The first-order valence-corrected chi connectivity index (χ1v) is 8.33. The quantitative estimate of drug-likeness (QED) is 0.597. The molecule has 1 aromatic rings. The Balaban J connectivity index is 3.20. The fourth-order valence-corrected chi connectivity index (χ4v) is 3.27. The van der Waals surface area contributed by atoms with Gasteiger partial charge in [-0.25, -0.2) is 0 Å². The number of benzene rings is 1. The van der Waals surface area contributed by atoms with Gasteiger partial charge < -0.3 is 0 Å². The van der Waals surface area contributed by atoms with E-state index >= 15 is 0 Å². The lowest BCUT2D eigenvalue weighted by atomic mass is 9.85. The van der Waals surface area contributed by atoms with E-state index < -0.39 is 62.5 Å². The van der Waals surface area contributed by atoms with Crippen LogP contribution >= 0.6 is 0 Å². The zero-order valence-corrected chi connectivity index (χ0v) is 15.8. The summed E-state index contributed by atoms with van der Waals surface area (Å²) in [6, 6.07) is 10.2. The molecule has 0 aromatic heterocycles. The molecule has 0 aliphatic heterocycles. The summed E-state index contributed by atoms with van der Waals surface area (Å²) in [5.74, 6) is -2.52. The van der Waals surface area contributed by atoms with Gasteiger partial charge in [-0.3, -0.25) is 0 Å². The van der Waals surface area contributed by atoms with E-state index in [4.69, 9.17) is 10.5 Å². The Morgan fingerprint density at radius 3 is 1.61 bits per heavy atom. The van der Waals surface area contributed by atoms with Crippen molar-refractivity contribution in [3.8, 4) is 36.4 Å². The van der Waals surface area contributed by atoms with Crippen molar-refractivity contribution in [2.75, 3.05) is 0 Å². The number of rotatable bonds is 1. The second-order valence-corrected chi connectivity index (χ2v) is 6.23. The molecule has 0 N–H and O–H groups in total. The van der Waals surface area contributed by atoms with Crippen molar-refractivity contribution in [3.05, 3.63) is 56.5 Å². The van der Waals surface area contributed by atoms with Crippen LogP contribution in [0.5, 0.6) is 0 Å². The Labute approximate surface area is 180 Å². The molecule has 160 valence electrons. The molecule has 2 rings (SSSR count). The average Bonchev–Trinajstić information content (AvgIpc) is 3.16. The lowest BCUT2D eigenvalue weighted by molar-refractivity contribution is -0.114. The van der Waals surface area contributed by atoms with Gasteiger partial charge in [-0.2, -0.15) is 57.9 Å². The molecule has 1 aliphatic rings. The first kappa shape index (κ1) is 24.2. The molecule has 1 unspecified atom stereocenters. The van der Waals surface area contributed by atoms with Crippen molar-refractivity contribution >= 4 is 11.1 Å². The topological polar surface area (TPSA) is 143 Å². The minimum Gasteiger partial charge on any atom is -0.193 e. The molecule has 0 amide bonds. The molecule has 1 atom stereocenters. The Kier molecular flexibility index (Phi) is 6.32. The molecule has 0 spiro atoms. The average molecular weight is 454 g/mol. The summed E-state index contributed by atoms with van der Waals surface area (Å²) in [6.07, 6.45) is -11.1. The molecule has 0 saturated heterocycles. The highest BCUT2D eigenvalue weighted by molar-refractivity contribution is 5.78. The Bertz CT molecular complexity index is 1480. The van der Waals surface area contributed by atoms with E-state index in [1.165, 1.54) is 36.4 Å². The second kappa shape index (κ2) is 8.60. The molecule has 33 heavy (non-hydrogen) atoms. The van der Waals surface area contributed by atoms with E-state index in [1.54, 1.807) is 0 Å². The molecule has 0 heterocycles. The molecule has 12 heteroatoms. The van der Waals surface area contributed by atoms with Gasteiger partial charge in [0, 0.05) is 16.0 Å². The maximum absolute atomic E-state index is 13.7. The van der Waals surface area contributed by atoms with Gasteiger partial charge in [-0.15, -0.1) is 0 Å². The van der Waals surface area contributed by atoms with Crippen LogP contribution in [-0.4, -0.2) is 12.4 Å². The van der Waals surface area contributed by atoms with E-state index in [2.05, 4.69) is 0 Å². The number of hydrogen-bond acceptors (Lipinski definition) is 6. The molecule has 1 aliphatic carbocycles. The first-order chi connectivity index (χ1) is 15.4. The van der Waals surface area contributed by atoms with Crippen LogP contribution in [0, 0.1) is 73.9 Å². The second-order valence-electron chi connectivity index (χ2n) is 6.23. The first-order valence-electron chi connectivity index (χ1n) is 8.33. The van der Waals surface area contributed by atoms with E-state index in [0.717, 1.165) is 12.1 Å². The Morgan fingerprint density at radius 1 is 0.697 bits per heavy atom. The predicted molar refractivity (Wildman–Crippen MR) is 95.1 cm³/mol. The van der Waals surface area contributed by atoms with Gasteiger partial charge in [0.2, 0.25) is 0 Å². The number of nitriles is 6. The van der Waals surface area contributed by atoms with Crippen molar-refractivity contribution in [1.82, 2.24) is 0 Å². The van der Waals surface area contributed by atoms with E-state index in [9.17, 15) is 47.4 Å². The third-order valence-corrected chi connectivity index (χ3v) is 4.55. The molecule has 6 nitrogen and oxygen atoms in total. The lowest BCUT2D eigenvalue weighted by Crippen LogP contribution is -2.28. The highest BCUT2D eigenvalue weighted by atomic mass is 19.4. The molecule has 0 radical (unpaired) electrons. The zero-order chi connectivity index (χ0) is 25.1. The van der Waals surface area contributed by atoms with Crippen LogP contribution in [0.2, 0.25) is 0 Å². The summed E-state index contributed by atoms with van der Waals surface area (Å²) in [4.78, 5) is 0. The SMILES string of the molecule is N#CC1=CC(C(F)(F)F)=C(C(F)(F)F)C1/C(C#N)=c1/ccc(=C(C#N)C#N)c(C#N)c1C#N. The number of alkyl halides is 6. The van der Waals surface area contributed by atoms with E-state index in [0.29, 0.717) is 0 Å². The van der Waals surface area contributed by atoms with Crippen LogP contribution in [0.15, 0.2) is 34.9 Å². The number of halogens is 6. The van der Waals surface area contributed by atoms with Gasteiger partial charge in [0.25, 0.3) is 0 Å². The van der Waals surface area contributed by atoms with Crippen LogP contribution in [0.3, 0.4) is 0 Å².